The lowest BCUT2D eigenvalue weighted by Crippen LogP contribution is -2.41. The van der Waals surface area contributed by atoms with Gasteiger partial charge in [0.15, 0.2) is 9.84 Å². The summed E-state index contributed by atoms with van der Waals surface area (Å²) < 4.78 is 29.1. The fraction of sp³-hybridized carbons (Fsp3) is 0.421. The average molecular weight is 361 g/mol. The maximum Gasteiger partial charge on any atom is 0.227 e. The lowest BCUT2D eigenvalue weighted by Gasteiger charge is -2.27. The van der Waals surface area contributed by atoms with Gasteiger partial charge in [0.2, 0.25) is 5.91 Å². The predicted molar refractivity (Wildman–Crippen MR) is 95.9 cm³/mol. The second-order valence-electron chi connectivity index (χ2n) is 6.75. The third kappa shape index (κ3) is 4.31. The highest BCUT2D eigenvalue weighted by Gasteiger charge is 2.35. The van der Waals surface area contributed by atoms with Crippen molar-refractivity contribution < 1.29 is 17.6 Å². The Morgan fingerprint density at radius 1 is 1.24 bits per heavy atom. The Kier molecular flexibility index (Phi) is 4.99. The smallest absolute Gasteiger partial charge is 0.227 e. The monoisotopic (exact) mass is 361 g/mol. The lowest BCUT2D eigenvalue weighted by molar-refractivity contribution is -0.133. The number of sulfone groups is 1. The van der Waals surface area contributed by atoms with E-state index in [1.54, 1.807) is 23.3 Å². The van der Waals surface area contributed by atoms with Gasteiger partial charge in [0.05, 0.1) is 30.7 Å². The molecule has 134 valence electrons. The third-order valence-electron chi connectivity index (χ3n) is 4.80. The summed E-state index contributed by atoms with van der Waals surface area (Å²) in [6, 6.07) is 9.27. The summed E-state index contributed by atoms with van der Waals surface area (Å²) in [6.07, 6.45) is 2.31. The molecule has 0 saturated carbocycles. The van der Waals surface area contributed by atoms with Gasteiger partial charge in [0.1, 0.15) is 5.76 Å². The van der Waals surface area contributed by atoms with Crippen LogP contribution in [0.3, 0.4) is 0 Å². The predicted octanol–water partition coefficient (Wildman–Crippen LogP) is 2.65. The zero-order chi connectivity index (χ0) is 18.0. The largest absolute Gasteiger partial charge is 0.467 e. The first-order valence-electron chi connectivity index (χ1n) is 8.42. The van der Waals surface area contributed by atoms with Gasteiger partial charge in [-0.2, -0.15) is 0 Å². The van der Waals surface area contributed by atoms with Gasteiger partial charge in [-0.15, -0.1) is 0 Å². The molecular weight excluding hydrogens is 338 g/mol. The number of hydrogen-bond donors (Lipinski definition) is 0. The van der Waals surface area contributed by atoms with Crippen LogP contribution < -0.4 is 0 Å². The minimum atomic E-state index is -3.06. The summed E-state index contributed by atoms with van der Waals surface area (Å²) in [5.41, 5.74) is 3.27. The van der Waals surface area contributed by atoms with E-state index in [2.05, 4.69) is 0 Å². The first-order chi connectivity index (χ1) is 11.8. The molecule has 6 heteroatoms. The second-order valence-corrected chi connectivity index (χ2v) is 8.98. The zero-order valence-electron chi connectivity index (χ0n) is 14.6. The molecular formula is C19H23NO4S. The molecule has 1 aromatic heterocycles. The van der Waals surface area contributed by atoms with E-state index in [9.17, 15) is 13.2 Å². The van der Waals surface area contributed by atoms with Crippen LogP contribution in [0.2, 0.25) is 0 Å². The van der Waals surface area contributed by atoms with E-state index in [4.69, 9.17) is 4.42 Å². The van der Waals surface area contributed by atoms with Crippen LogP contribution in [0.15, 0.2) is 41.0 Å². The normalized spacial score (nSPS) is 19.0. The van der Waals surface area contributed by atoms with E-state index in [0.29, 0.717) is 18.7 Å². The minimum Gasteiger partial charge on any atom is -0.467 e. The van der Waals surface area contributed by atoms with Gasteiger partial charge in [0, 0.05) is 6.04 Å². The van der Waals surface area contributed by atoms with Gasteiger partial charge in [-0.25, -0.2) is 8.42 Å². The van der Waals surface area contributed by atoms with Crippen LogP contribution in [0.1, 0.15) is 28.9 Å². The molecule has 0 aliphatic carbocycles. The molecule has 0 spiro atoms. The van der Waals surface area contributed by atoms with Crippen LogP contribution in [0.5, 0.6) is 0 Å². The van der Waals surface area contributed by atoms with Crippen LogP contribution >= 0.6 is 0 Å². The summed E-state index contributed by atoms with van der Waals surface area (Å²) in [5.74, 6) is 0.773. The fourth-order valence-corrected chi connectivity index (χ4v) is 4.93. The van der Waals surface area contributed by atoms with Gasteiger partial charge in [-0.1, -0.05) is 18.2 Å². The minimum absolute atomic E-state index is 0.0341. The summed E-state index contributed by atoms with van der Waals surface area (Å²) in [6.45, 7) is 4.36. The van der Waals surface area contributed by atoms with E-state index in [1.807, 2.05) is 32.0 Å². The number of aryl methyl sites for hydroxylation is 2. The summed E-state index contributed by atoms with van der Waals surface area (Å²) in [7, 11) is -3.06. The van der Waals surface area contributed by atoms with Crippen molar-refractivity contribution in [3.05, 3.63) is 59.0 Å². The van der Waals surface area contributed by atoms with Crippen molar-refractivity contribution in [2.24, 2.45) is 0 Å². The van der Waals surface area contributed by atoms with Crippen LogP contribution in [0.4, 0.5) is 0 Å². The van der Waals surface area contributed by atoms with Crippen molar-refractivity contribution in [1.82, 2.24) is 4.90 Å². The van der Waals surface area contributed by atoms with E-state index < -0.39 is 9.84 Å². The van der Waals surface area contributed by atoms with Gasteiger partial charge in [-0.05, 0) is 49.1 Å². The number of carbonyl (C=O) groups excluding carboxylic acids is 1. The molecule has 2 aromatic rings. The highest BCUT2D eigenvalue weighted by molar-refractivity contribution is 7.91. The Morgan fingerprint density at radius 2 is 2.04 bits per heavy atom. The number of amides is 1. The fourth-order valence-electron chi connectivity index (χ4n) is 3.20. The highest BCUT2D eigenvalue weighted by atomic mass is 32.2. The van der Waals surface area contributed by atoms with E-state index >= 15 is 0 Å². The number of carbonyl (C=O) groups is 1. The van der Waals surface area contributed by atoms with Crippen molar-refractivity contribution >= 4 is 15.7 Å². The Bertz CT molecular complexity index is 856. The Balaban J connectivity index is 1.80. The topological polar surface area (TPSA) is 67.6 Å². The molecule has 1 unspecified atom stereocenters. The van der Waals surface area contributed by atoms with E-state index in [-0.39, 0.29) is 29.9 Å². The molecule has 25 heavy (non-hydrogen) atoms. The Morgan fingerprint density at radius 3 is 2.64 bits per heavy atom. The Hall–Kier alpha value is -2.08. The number of furan rings is 1. The summed E-state index contributed by atoms with van der Waals surface area (Å²) in [4.78, 5) is 14.6. The van der Waals surface area contributed by atoms with Gasteiger partial charge >= 0.3 is 0 Å². The van der Waals surface area contributed by atoms with Crippen molar-refractivity contribution in [2.75, 3.05) is 11.5 Å². The first kappa shape index (κ1) is 17.7. The van der Waals surface area contributed by atoms with Crippen LogP contribution in [0.25, 0.3) is 0 Å². The quantitative estimate of drug-likeness (QED) is 0.821. The second kappa shape index (κ2) is 7.04. The van der Waals surface area contributed by atoms with Crippen molar-refractivity contribution in [3.63, 3.8) is 0 Å². The summed E-state index contributed by atoms with van der Waals surface area (Å²) >= 11 is 0. The molecule has 0 radical (unpaired) electrons. The molecule has 0 bridgehead atoms. The molecule has 0 N–H and O–H groups in total. The van der Waals surface area contributed by atoms with Crippen molar-refractivity contribution in [2.45, 2.75) is 39.3 Å². The maximum atomic E-state index is 12.9. The zero-order valence-corrected chi connectivity index (χ0v) is 15.4. The maximum absolute atomic E-state index is 12.9. The van der Waals surface area contributed by atoms with Gasteiger partial charge < -0.3 is 9.32 Å². The molecule has 3 rings (SSSR count). The van der Waals surface area contributed by atoms with Gasteiger partial charge in [0.25, 0.3) is 0 Å². The molecule has 5 nitrogen and oxygen atoms in total. The molecule has 1 amide bonds. The standard InChI is InChI=1S/C19H23NO4S/c1-14-5-6-16(10-15(14)2)11-19(21)20(12-18-4-3-8-24-18)17-7-9-25(22,23)13-17/h3-6,8,10,17H,7,9,11-13H2,1-2H3. The molecule has 2 heterocycles. The number of benzene rings is 1. The van der Waals surface area contributed by atoms with Crippen LogP contribution in [0, 0.1) is 13.8 Å². The van der Waals surface area contributed by atoms with Crippen molar-refractivity contribution in [3.8, 4) is 0 Å². The first-order valence-corrected chi connectivity index (χ1v) is 10.2. The number of hydrogen-bond acceptors (Lipinski definition) is 4. The van der Waals surface area contributed by atoms with Crippen LogP contribution in [-0.4, -0.2) is 36.8 Å². The number of rotatable bonds is 5. The number of nitrogens with zero attached hydrogens (tertiary/aromatic N) is 1. The van der Waals surface area contributed by atoms with E-state index in [1.165, 1.54) is 5.56 Å². The average Bonchev–Trinajstić information content (AvgIpc) is 3.17. The SMILES string of the molecule is Cc1ccc(CC(=O)N(Cc2ccco2)C2CCS(=O)(=O)C2)cc1C. The molecule has 1 fully saturated rings. The molecule has 1 aliphatic rings. The van der Waals surface area contributed by atoms with Crippen molar-refractivity contribution in [1.29, 1.82) is 0 Å². The molecule has 1 aromatic carbocycles. The lowest BCUT2D eigenvalue weighted by atomic mass is 10.0. The Labute approximate surface area is 148 Å². The molecule has 1 saturated heterocycles. The summed E-state index contributed by atoms with van der Waals surface area (Å²) in [5, 5.41) is 0. The molecule has 1 atom stereocenters. The van der Waals surface area contributed by atoms with E-state index in [0.717, 1.165) is 11.1 Å². The van der Waals surface area contributed by atoms with Crippen LogP contribution in [-0.2, 0) is 27.6 Å². The highest BCUT2D eigenvalue weighted by Crippen LogP contribution is 2.22. The third-order valence-corrected chi connectivity index (χ3v) is 6.55. The van der Waals surface area contributed by atoms with Gasteiger partial charge in [-0.3, -0.25) is 4.79 Å². The molecule has 1 aliphatic heterocycles.